The molecule has 0 aliphatic carbocycles. The minimum Gasteiger partial charge on any atom is -0.303 e. The van der Waals surface area contributed by atoms with Gasteiger partial charge in [-0.3, -0.25) is 0 Å². The van der Waals surface area contributed by atoms with Crippen molar-refractivity contribution in [3.8, 4) is 12.5 Å². The van der Waals surface area contributed by atoms with Gasteiger partial charge < -0.3 is 4.84 Å². The molecule has 0 saturated heterocycles. The van der Waals surface area contributed by atoms with Crippen LogP contribution >= 0.6 is 0 Å². The fraction of sp³-hybridized carbons (Fsp3) is 0.400. The average molecular weight is 96.1 g/mol. The van der Waals surface area contributed by atoms with Gasteiger partial charge in [0.05, 0.1) is 0 Å². The summed E-state index contributed by atoms with van der Waals surface area (Å²) in [5.41, 5.74) is 0. The van der Waals surface area contributed by atoms with Crippen molar-refractivity contribution in [1.82, 2.24) is 0 Å². The Morgan fingerprint density at radius 1 is 1.86 bits per heavy atom. The summed E-state index contributed by atoms with van der Waals surface area (Å²) in [7, 11) is 0. The van der Waals surface area contributed by atoms with E-state index in [9.17, 15) is 0 Å². The second-order valence-electron chi connectivity index (χ2n) is 0.812. The molecule has 0 atom stereocenters. The van der Waals surface area contributed by atoms with Crippen molar-refractivity contribution in [3.05, 3.63) is 0 Å². The first-order valence-corrected chi connectivity index (χ1v) is 1.96. The van der Waals surface area contributed by atoms with Gasteiger partial charge in [0.25, 0.3) is 0 Å². The predicted octanol–water partition coefficient (Wildman–Crippen LogP) is 0.867. The number of hydrogen-bond donors (Lipinski definition) is 0. The summed E-state index contributed by atoms with van der Waals surface area (Å²) in [4.78, 5) is 4.12. The molecular weight excluding hydrogens is 90.1 g/mol. The Labute approximate surface area is 43.2 Å². The SMILES string of the molecule is C#CON=[C]CC. The highest BCUT2D eigenvalue weighted by Gasteiger charge is 1.64. The van der Waals surface area contributed by atoms with Crippen LogP contribution in [0.4, 0.5) is 0 Å². The molecule has 0 bridgehead atoms. The highest BCUT2D eigenvalue weighted by Crippen LogP contribution is 1.69. The molecule has 0 aliphatic heterocycles. The summed E-state index contributed by atoms with van der Waals surface area (Å²) in [6, 6.07) is 0. The molecule has 0 aliphatic rings. The van der Waals surface area contributed by atoms with Crippen LogP contribution in [-0.2, 0) is 4.84 Å². The second-order valence-corrected chi connectivity index (χ2v) is 0.812. The molecule has 2 nitrogen and oxygen atoms in total. The first-order chi connectivity index (χ1) is 3.41. The lowest BCUT2D eigenvalue weighted by molar-refractivity contribution is 0.301. The van der Waals surface area contributed by atoms with Crippen LogP contribution in [0.15, 0.2) is 5.16 Å². The first kappa shape index (κ1) is 6.03. The van der Waals surface area contributed by atoms with Crippen molar-refractivity contribution in [1.29, 1.82) is 0 Å². The van der Waals surface area contributed by atoms with Crippen LogP contribution in [0.5, 0.6) is 0 Å². The van der Waals surface area contributed by atoms with Gasteiger partial charge in [0.2, 0.25) is 0 Å². The van der Waals surface area contributed by atoms with Crippen molar-refractivity contribution in [2.75, 3.05) is 0 Å². The zero-order chi connectivity index (χ0) is 5.54. The standard InChI is InChI=1S/C5H6NO/c1-3-5-6-7-4-2/h2H,3H2,1H3. The fourth-order valence-corrected chi connectivity index (χ4v) is 0.123. The van der Waals surface area contributed by atoms with Crippen LogP contribution in [0.2, 0.25) is 0 Å². The highest BCUT2D eigenvalue weighted by atomic mass is 16.6. The van der Waals surface area contributed by atoms with Gasteiger partial charge in [-0.2, -0.15) is 0 Å². The first-order valence-electron chi connectivity index (χ1n) is 1.96. The monoisotopic (exact) mass is 96.0 g/mol. The molecule has 0 N–H and O–H groups in total. The van der Waals surface area contributed by atoms with Crippen LogP contribution in [0.3, 0.4) is 0 Å². The maximum Gasteiger partial charge on any atom is 0.145 e. The molecular formula is C5H6NO. The van der Waals surface area contributed by atoms with Gasteiger partial charge in [0, 0.05) is 0 Å². The van der Waals surface area contributed by atoms with Gasteiger partial charge >= 0.3 is 0 Å². The quantitative estimate of drug-likeness (QED) is 0.284. The van der Waals surface area contributed by atoms with Crippen molar-refractivity contribution in [2.45, 2.75) is 13.3 Å². The number of rotatable bonds is 2. The molecule has 0 saturated carbocycles. The molecule has 37 valence electrons. The lowest BCUT2D eigenvalue weighted by Crippen LogP contribution is -1.68. The molecule has 0 spiro atoms. The molecule has 0 aromatic heterocycles. The third-order valence-corrected chi connectivity index (χ3v) is 0.321. The Hall–Kier alpha value is -0.970. The van der Waals surface area contributed by atoms with Crippen molar-refractivity contribution in [2.24, 2.45) is 5.16 Å². The smallest absolute Gasteiger partial charge is 0.145 e. The Bertz CT molecular complexity index is 90.7. The van der Waals surface area contributed by atoms with E-state index >= 15 is 0 Å². The maximum atomic E-state index is 4.66. The highest BCUT2D eigenvalue weighted by molar-refractivity contribution is 5.55. The van der Waals surface area contributed by atoms with Gasteiger partial charge in [0.1, 0.15) is 12.3 Å². The molecule has 0 amide bonds. The third kappa shape index (κ3) is 5.03. The van der Waals surface area contributed by atoms with E-state index < -0.39 is 0 Å². The van der Waals surface area contributed by atoms with Gasteiger partial charge in [-0.15, -0.1) is 0 Å². The van der Waals surface area contributed by atoms with Gasteiger partial charge in [0.15, 0.2) is 0 Å². The average Bonchev–Trinajstić information content (AvgIpc) is 1.69. The van der Waals surface area contributed by atoms with Crippen LogP contribution in [0, 0.1) is 12.5 Å². The molecule has 0 heterocycles. The van der Waals surface area contributed by atoms with Gasteiger partial charge in [-0.1, -0.05) is 18.5 Å². The summed E-state index contributed by atoms with van der Waals surface area (Å²) in [5, 5.41) is 3.22. The topological polar surface area (TPSA) is 21.6 Å². The predicted molar refractivity (Wildman–Crippen MR) is 27.6 cm³/mol. The molecule has 7 heavy (non-hydrogen) atoms. The molecule has 0 rings (SSSR count). The molecule has 0 aromatic carbocycles. The summed E-state index contributed by atoms with van der Waals surface area (Å²) in [6.45, 7) is 1.89. The van der Waals surface area contributed by atoms with E-state index in [-0.39, 0.29) is 0 Å². The summed E-state index contributed by atoms with van der Waals surface area (Å²) < 4.78 is 0. The largest absolute Gasteiger partial charge is 0.303 e. The maximum absolute atomic E-state index is 4.66. The van der Waals surface area contributed by atoms with E-state index in [2.05, 4.69) is 22.6 Å². The van der Waals surface area contributed by atoms with Crippen molar-refractivity contribution in [3.63, 3.8) is 0 Å². The zero-order valence-electron chi connectivity index (χ0n) is 4.14. The summed E-state index contributed by atoms with van der Waals surface area (Å²) >= 11 is 0. The Morgan fingerprint density at radius 2 is 2.57 bits per heavy atom. The molecule has 0 fully saturated rings. The Balaban J connectivity index is 2.97. The molecule has 0 unspecified atom stereocenters. The summed E-state index contributed by atoms with van der Waals surface area (Å²) in [5.74, 6) is 0. The van der Waals surface area contributed by atoms with Crippen molar-refractivity contribution < 1.29 is 4.84 Å². The van der Waals surface area contributed by atoms with Crippen LogP contribution in [0.25, 0.3) is 0 Å². The van der Waals surface area contributed by atoms with Crippen LogP contribution in [0.1, 0.15) is 13.3 Å². The van der Waals surface area contributed by atoms with E-state index in [0.29, 0.717) is 0 Å². The van der Waals surface area contributed by atoms with E-state index in [4.69, 9.17) is 0 Å². The van der Waals surface area contributed by atoms with Crippen molar-refractivity contribution >= 4 is 6.21 Å². The van der Waals surface area contributed by atoms with Gasteiger partial charge in [-0.05, 0) is 6.42 Å². The van der Waals surface area contributed by atoms with Crippen LogP contribution in [-0.4, -0.2) is 6.21 Å². The van der Waals surface area contributed by atoms with E-state index in [1.54, 1.807) is 0 Å². The molecule has 1 radical (unpaired) electrons. The Kier molecular flexibility index (Phi) is 4.33. The second kappa shape index (κ2) is 5.03. The normalized spacial score (nSPS) is 8.57. The minimum atomic E-state index is 0.724. The molecule has 0 aromatic rings. The molecule has 2 heteroatoms. The number of terminal acetylenes is 1. The van der Waals surface area contributed by atoms with E-state index in [1.165, 1.54) is 0 Å². The van der Waals surface area contributed by atoms with E-state index in [1.807, 2.05) is 13.0 Å². The van der Waals surface area contributed by atoms with Crippen LogP contribution < -0.4 is 0 Å². The Morgan fingerprint density at radius 3 is 3.00 bits per heavy atom. The lowest BCUT2D eigenvalue weighted by atomic mass is 10.6. The number of hydrogen-bond acceptors (Lipinski definition) is 2. The fourth-order valence-electron chi connectivity index (χ4n) is 0.123. The lowest BCUT2D eigenvalue weighted by Gasteiger charge is -1.75. The summed E-state index contributed by atoms with van der Waals surface area (Å²) in [6.07, 6.45) is 9.77. The minimum absolute atomic E-state index is 0.724. The number of nitrogens with zero attached hydrogens (tertiary/aromatic N) is 1. The zero-order valence-corrected chi connectivity index (χ0v) is 4.14. The van der Waals surface area contributed by atoms with E-state index in [0.717, 1.165) is 6.42 Å². The third-order valence-electron chi connectivity index (χ3n) is 0.321. The van der Waals surface area contributed by atoms with Gasteiger partial charge in [-0.25, -0.2) is 0 Å².